The van der Waals surface area contributed by atoms with E-state index in [2.05, 4.69) is 4.98 Å². The zero-order valence-electron chi connectivity index (χ0n) is 11.1. The summed E-state index contributed by atoms with van der Waals surface area (Å²) in [6.45, 7) is 2.12. The van der Waals surface area contributed by atoms with Crippen LogP contribution in [-0.2, 0) is 19.8 Å². The molecule has 0 spiro atoms. The summed E-state index contributed by atoms with van der Waals surface area (Å²) in [4.78, 5) is 4.34. The summed E-state index contributed by atoms with van der Waals surface area (Å²) in [6.07, 6.45) is 0.758. The van der Waals surface area contributed by atoms with Gasteiger partial charge in [-0.3, -0.25) is 0 Å². The monoisotopic (exact) mass is 287 g/mol. The Morgan fingerprint density at radius 3 is 2.84 bits per heavy atom. The first-order valence-electron chi connectivity index (χ1n) is 6.13. The molecule has 6 heteroatoms. The van der Waals surface area contributed by atoms with E-state index in [-0.39, 0.29) is 0 Å². The van der Waals surface area contributed by atoms with Crippen molar-refractivity contribution in [2.75, 3.05) is 40.6 Å². The van der Waals surface area contributed by atoms with Gasteiger partial charge in [0.2, 0.25) is 0 Å². The van der Waals surface area contributed by atoms with E-state index in [1.165, 1.54) is 0 Å². The smallest absolute Gasteiger partial charge is 0.135 e. The standard InChI is InChI=1S/C13H18ClNO4/c1-16-5-6-19-10-7-11(15-12(14)8-10)13(17-2)3-4-18-9-13/h7-8H,3-6,9H2,1-2H3/t13-/m0/s1. The molecule has 2 rings (SSSR count). The van der Waals surface area contributed by atoms with Crippen LogP contribution in [0, 0.1) is 0 Å². The first kappa shape index (κ1) is 14.5. The molecule has 1 fully saturated rings. The second-order valence-corrected chi connectivity index (χ2v) is 4.74. The van der Waals surface area contributed by atoms with Crippen LogP contribution in [0.5, 0.6) is 5.75 Å². The largest absolute Gasteiger partial charge is 0.491 e. The fraction of sp³-hybridized carbons (Fsp3) is 0.615. The van der Waals surface area contributed by atoms with Gasteiger partial charge in [0.25, 0.3) is 0 Å². The van der Waals surface area contributed by atoms with Crippen molar-refractivity contribution >= 4 is 11.6 Å². The lowest BCUT2D eigenvalue weighted by atomic mass is 9.98. The summed E-state index contributed by atoms with van der Waals surface area (Å²) in [5.41, 5.74) is 0.219. The van der Waals surface area contributed by atoms with Crippen LogP contribution >= 0.6 is 11.6 Å². The Balaban J connectivity index is 2.20. The molecule has 1 aliphatic rings. The van der Waals surface area contributed by atoms with Crippen molar-refractivity contribution in [1.29, 1.82) is 0 Å². The minimum absolute atomic E-state index is 0.383. The lowest BCUT2D eigenvalue weighted by Gasteiger charge is -2.25. The minimum atomic E-state index is -0.524. The van der Waals surface area contributed by atoms with Crippen molar-refractivity contribution < 1.29 is 18.9 Å². The highest BCUT2D eigenvalue weighted by Crippen LogP contribution is 2.35. The van der Waals surface area contributed by atoms with Gasteiger partial charge in [-0.15, -0.1) is 0 Å². The molecule has 1 atom stereocenters. The van der Waals surface area contributed by atoms with Gasteiger partial charge in [0.15, 0.2) is 0 Å². The third-order valence-corrected chi connectivity index (χ3v) is 3.36. The lowest BCUT2D eigenvalue weighted by Crippen LogP contribution is -2.30. The number of hydrogen-bond acceptors (Lipinski definition) is 5. The van der Waals surface area contributed by atoms with E-state index < -0.39 is 5.60 Å². The molecule has 0 aromatic carbocycles. The van der Waals surface area contributed by atoms with Gasteiger partial charge in [-0.25, -0.2) is 4.98 Å². The highest BCUT2D eigenvalue weighted by atomic mass is 35.5. The van der Waals surface area contributed by atoms with Crippen LogP contribution in [0.1, 0.15) is 12.1 Å². The van der Waals surface area contributed by atoms with Crippen LogP contribution in [0.15, 0.2) is 12.1 Å². The predicted octanol–water partition coefficient (Wildman–Crippen LogP) is 2.02. The average Bonchev–Trinajstić information content (AvgIpc) is 2.88. The number of rotatable bonds is 6. The lowest BCUT2D eigenvalue weighted by molar-refractivity contribution is -0.0247. The number of ether oxygens (including phenoxy) is 4. The number of hydrogen-bond donors (Lipinski definition) is 0. The van der Waals surface area contributed by atoms with Crippen LogP contribution < -0.4 is 4.74 Å². The van der Waals surface area contributed by atoms with Gasteiger partial charge in [0.05, 0.1) is 18.9 Å². The van der Waals surface area contributed by atoms with Gasteiger partial charge in [-0.1, -0.05) is 11.6 Å². The number of nitrogens with zero attached hydrogens (tertiary/aromatic N) is 1. The summed E-state index contributed by atoms with van der Waals surface area (Å²) >= 11 is 6.04. The Bertz CT molecular complexity index is 421. The first-order chi connectivity index (χ1) is 9.20. The maximum Gasteiger partial charge on any atom is 0.135 e. The molecule has 0 radical (unpaired) electrons. The fourth-order valence-corrected chi connectivity index (χ4v) is 2.25. The van der Waals surface area contributed by atoms with Crippen LogP contribution in [0.2, 0.25) is 5.15 Å². The molecule has 1 saturated heterocycles. The van der Waals surface area contributed by atoms with E-state index in [0.29, 0.717) is 37.3 Å². The number of methoxy groups -OCH3 is 2. The Morgan fingerprint density at radius 1 is 1.37 bits per heavy atom. The van der Waals surface area contributed by atoms with Gasteiger partial charge < -0.3 is 18.9 Å². The Hall–Kier alpha value is -0.880. The third-order valence-electron chi connectivity index (χ3n) is 3.17. The molecular weight excluding hydrogens is 270 g/mol. The van der Waals surface area contributed by atoms with Gasteiger partial charge in [0.1, 0.15) is 23.1 Å². The Morgan fingerprint density at radius 2 is 2.21 bits per heavy atom. The summed E-state index contributed by atoms with van der Waals surface area (Å²) in [5, 5.41) is 0.383. The molecule has 5 nitrogen and oxygen atoms in total. The summed E-state index contributed by atoms with van der Waals surface area (Å²) in [5.74, 6) is 0.662. The average molecular weight is 288 g/mol. The van der Waals surface area contributed by atoms with E-state index in [9.17, 15) is 0 Å². The third kappa shape index (κ3) is 3.36. The zero-order chi connectivity index (χ0) is 13.7. The van der Waals surface area contributed by atoms with Crippen LogP contribution in [-0.4, -0.2) is 45.6 Å². The molecular formula is C13H18ClNO4. The number of halogens is 1. The number of pyridine rings is 1. The van der Waals surface area contributed by atoms with Crippen molar-refractivity contribution in [3.8, 4) is 5.75 Å². The predicted molar refractivity (Wildman–Crippen MR) is 70.7 cm³/mol. The quantitative estimate of drug-likeness (QED) is 0.592. The number of aromatic nitrogens is 1. The van der Waals surface area contributed by atoms with Gasteiger partial charge in [0, 0.05) is 39.4 Å². The maximum atomic E-state index is 6.04. The molecule has 1 aromatic heterocycles. The van der Waals surface area contributed by atoms with Gasteiger partial charge in [-0.05, 0) is 0 Å². The SMILES string of the molecule is COCCOc1cc(Cl)nc([C@]2(OC)CCOC2)c1. The Kier molecular flexibility index (Phi) is 4.99. The Labute approximate surface area is 117 Å². The fourth-order valence-electron chi connectivity index (χ4n) is 2.05. The second kappa shape index (κ2) is 6.52. The molecule has 19 heavy (non-hydrogen) atoms. The highest BCUT2D eigenvalue weighted by Gasteiger charge is 2.38. The summed E-state index contributed by atoms with van der Waals surface area (Å²) in [7, 11) is 3.28. The molecule has 0 unspecified atom stereocenters. The van der Waals surface area contributed by atoms with Crippen molar-refractivity contribution in [2.45, 2.75) is 12.0 Å². The van der Waals surface area contributed by atoms with Crippen LogP contribution in [0.3, 0.4) is 0 Å². The summed E-state index contributed by atoms with van der Waals surface area (Å²) < 4.78 is 21.5. The maximum absolute atomic E-state index is 6.04. The molecule has 0 N–H and O–H groups in total. The molecule has 0 saturated carbocycles. The highest BCUT2D eigenvalue weighted by molar-refractivity contribution is 6.29. The molecule has 0 bridgehead atoms. The molecule has 0 amide bonds. The van der Waals surface area contributed by atoms with Crippen molar-refractivity contribution in [2.24, 2.45) is 0 Å². The van der Waals surface area contributed by atoms with Crippen molar-refractivity contribution in [3.05, 3.63) is 23.0 Å². The normalized spacial score (nSPS) is 22.7. The molecule has 1 aliphatic heterocycles. The molecule has 1 aromatic rings. The van der Waals surface area contributed by atoms with Crippen molar-refractivity contribution in [3.63, 3.8) is 0 Å². The topological polar surface area (TPSA) is 49.8 Å². The minimum Gasteiger partial charge on any atom is -0.491 e. The van der Waals surface area contributed by atoms with E-state index in [4.69, 9.17) is 30.5 Å². The molecule has 0 aliphatic carbocycles. The first-order valence-corrected chi connectivity index (χ1v) is 6.51. The van der Waals surface area contributed by atoms with Crippen LogP contribution in [0.25, 0.3) is 0 Å². The summed E-state index contributed by atoms with van der Waals surface area (Å²) in [6, 6.07) is 3.53. The van der Waals surface area contributed by atoms with Gasteiger partial charge >= 0.3 is 0 Å². The van der Waals surface area contributed by atoms with E-state index in [0.717, 1.165) is 12.1 Å². The molecule has 2 heterocycles. The van der Waals surface area contributed by atoms with Crippen LogP contribution in [0.4, 0.5) is 0 Å². The molecule has 106 valence electrons. The zero-order valence-corrected chi connectivity index (χ0v) is 11.9. The van der Waals surface area contributed by atoms with Gasteiger partial charge in [-0.2, -0.15) is 0 Å². The van der Waals surface area contributed by atoms with Crippen molar-refractivity contribution in [1.82, 2.24) is 4.98 Å². The van der Waals surface area contributed by atoms with E-state index >= 15 is 0 Å². The van der Waals surface area contributed by atoms with E-state index in [1.54, 1.807) is 20.3 Å². The second-order valence-electron chi connectivity index (χ2n) is 4.35. The van der Waals surface area contributed by atoms with E-state index in [1.807, 2.05) is 6.07 Å².